The van der Waals surface area contributed by atoms with E-state index in [0.717, 1.165) is 31.8 Å². The minimum absolute atomic E-state index is 0.0679. The number of nitrogens with zero attached hydrogens (tertiary/aromatic N) is 3. The second-order valence-electron chi connectivity index (χ2n) is 5.36. The van der Waals surface area contributed by atoms with E-state index in [1.54, 1.807) is 7.05 Å². The highest BCUT2D eigenvalue weighted by Crippen LogP contribution is 2.28. The lowest BCUT2D eigenvalue weighted by Crippen LogP contribution is -2.40. The molecule has 0 bridgehead atoms. The molecule has 0 aromatic carbocycles. The molecule has 0 saturated carbocycles. The van der Waals surface area contributed by atoms with Crippen molar-refractivity contribution >= 4 is 5.91 Å². The predicted octanol–water partition coefficient (Wildman–Crippen LogP) is 1.12. The molecule has 1 aromatic rings. The van der Waals surface area contributed by atoms with E-state index >= 15 is 0 Å². The number of hydrogen-bond donors (Lipinski definition) is 1. The number of carbonyl (C=O) groups is 1. The van der Waals surface area contributed by atoms with Gasteiger partial charge in [-0.2, -0.15) is 0 Å². The zero-order chi connectivity index (χ0) is 13.8. The number of piperidine rings is 1. The van der Waals surface area contributed by atoms with Crippen LogP contribution in [-0.4, -0.2) is 47.7 Å². The third-order valence-electron chi connectivity index (χ3n) is 3.53. The van der Waals surface area contributed by atoms with Gasteiger partial charge in [-0.05, 0) is 25.9 Å². The summed E-state index contributed by atoms with van der Waals surface area (Å²) in [6, 6.07) is 0. The van der Waals surface area contributed by atoms with Crippen LogP contribution in [0.5, 0.6) is 0 Å². The van der Waals surface area contributed by atoms with Gasteiger partial charge in [0, 0.05) is 18.9 Å². The fraction of sp³-hybridized carbons (Fsp3) is 0.769. The van der Waals surface area contributed by atoms with E-state index in [-0.39, 0.29) is 11.8 Å². The van der Waals surface area contributed by atoms with Crippen LogP contribution in [0, 0.1) is 0 Å². The van der Waals surface area contributed by atoms with Crippen LogP contribution in [0.25, 0.3) is 0 Å². The number of likely N-dealkylation sites (N-methyl/N-ethyl adjacent to an activating group) is 1. The summed E-state index contributed by atoms with van der Waals surface area (Å²) in [5.41, 5.74) is 0. The van der Waals surface area contributed by atoms with E-state index < -0.39 is 0 Å². The van der Waals surface area contributed by atoms with Crippen molar-refractivity contribution in [2.24, 2.45) is 0 Å². The molecule has 6 nitrogen and oxygen atoms in total. The maximum atomic E-state index is 11.3. The normalized spacial score (nSPS) is 17.9. The van der Waals surface area contributed by atoms with Gasteiger partial charge in [0.05, 0.1) is 6.54 Å². The Bertz CT molecular complexity index is 422. The van der Waals surface area contributed by atoms with Crippen molar-refractivity contribution < 1.29 is 9.21 Å². The molecule has 19 heavy (non-hydrogen) atoms. The summed E-state index contributed by atoms with van der Waals surface area (Å²) in [6.45, 7) is 6.37. The molecule has 0 spiro atoms. The molecule has 106 valence electrons. The average molecular weight is 266 g/mol. The molecule has 0 radical (unpaired) electrons. The highest BCUT2D eigenvalue weighted by molar-refractivity contribution is 5.77. The topological polar surface area (TPSA) is 71.3 Å². The maximum Gasteiger partial charge on any atom is 0.233 e. The SMILES string of the molecule is CNC(=O)CN1CCC(c2nnc(C(C)C)o2)CC1. The Morgan fingerprint density at radius 2 is 2.11 bits per heavy atom. The molecule has 1 amide bonds. The summed E-state index contributed by atoms with van der Waals surface area (Å²) in [4.78, 5) is 13.5. The van der Waals surface area contributed by atoms with Gasteiger partial charge in [-0.25, -0.2) is 0 Å². The Morgan fingerprint density at radius 3 is 2.63 bits per heavy atom. The van der Waals surface area contributed by atoms with Crippen LogP contribution in [0.4, 0.5) is 0 Å². The molecule has 1 aliphatic rings. The van der Waals surface area contributed by atoms with E-state index in [2.05, 4.69) is 20.4 Å². The van der Waals surface area contributed by atoms with Crippen LogP contribution in [0.2, 0.25) is 0 Å². The summed E-state index contributed by atoms with van der Waals surface area (Å²) in [5.74, 6) is 2.14. The Kier molecular flexibility index (Phi) is 4.52. The first-order valence-corrected chi connectivity index (χ1v) is 6.86. The first-order valence-electron chi connectivity index (χ1n) is 6.86. The van der Waals surface area contributed by atoms with Gasteiger partial charge in [0.25, 0.3) is 0 Å². The Balaban J connectivity index is 1.87. The van der Waals surface area contributed by atoms with Gasteiger partial charge >= 0.3 is 0 Å². The lowest BCUT2D eigenvalue weighted by Gasteiger charge is -2.29. The number of rotatable bonds is 4. The lowest BCUT2D eigenvalue weighted by atomic mass is 9.97. The molecule has 1 N–H and O–H groups in total. The number of hydrogen-bond acceptors (Lipinski definition) is 5. The summed E-state index contributed by atoms with van der Waals surface area (Å²) in [5, 5.41) is 10.9. The summed E-state index contributed by atoms with van der Waals surface area (Å²) >= 11 is 0. The fourth-order valence-corrected chi connectivity index (χ4v) is 2.27. The second kappa shape index (κ2) is 6.14. The largest absolute Gasteiger partial charge is 0.425 e. The number of aromatic nitrogens is 2. The van der Waals surface area contributed by atoms with Crippen LogP contribution in [0.15, 0.2) is 4.42 Å². The van der Waals surface area contributed by atoms with Crippen molar-refractivity contribution in [2.75, 3.05) is 26.7 Å². The van der Waals surface area contributed by atoms with Gasteiger partial charge in [0.2, 0.25) is 17.7 Å². The average Bonchev–Trinajstić information content (AvgIpc) is 2.89. The molecule has 1 saturated heterocycles. The zero-order valence-corrected chi connectivity index (χ0v) is 11.8. The van der Waals surface area contributed by atoms with Crippen molar-refractivity contribution in [3.05, 3.63) is 11.8 Å². The fourth-order valence-electron chi connectivity index (χ4n) is 2.27. The molecule has 0 atom stereocenters. The first kappa shape index (κ1) is 14.0. The van der Waals surface area contributed by atoms with Gasteiger partial charge in [0.1, 0.15) is 0 Å². The van der Waals surface area contributed by atoms with Crippen LogP contribution in [-0.2, 0) is 4.79 Å². The molecule has 6 heteroatoms. The van der Waals surface area contributed by atoms with E-state index in [1.807, 2.05) is 13.8 Å². The van der Waals surface area contributed by atoms with Gasteiger partial charge in [-0.1, -0.05) is 13.8 Å². The summed E-state index contributed by atoms with van der Waals surface area (Å²) < 4.78 is 5.70. The quantitative estimate of drug-likeness (QED) is 0.884. The van der Waals surface area contributed by atoms with Crippen molar-refractivity contribution in [1.82, 2.24) is 20.4 Å². The van der Waals surface area contributed by atoms with E-state index in [9.17, 15) is 4.79 Å². The highest BCUT2D eigenvalue weighted by Gasteiger charge is 2.26. The number of nitrogens with one attached hydrogen (secondary N) is 1. The monoisotopic (exact) mass is 266 g/mol. The molecular weight excluding hydrogens is 244 g/mol. The molecule has 0 aliphatic carbocycles. The van der Waals surface area contributed by atoms with E-state index in [4.69, 9.17) is 4.42 Å². The van der Waals surface area contributed by atoms with Crippen molar-refractivity contribution in [1.29, 1.82) is 0 Å². The number of amides is 1. The van der Waals surface area contributed by atoms with Gasteiger partial charge < -0.3 is 9.73 Å². The summed E-state index contributed by atoms with van der Waals surface area (Å²) in [6.07, 6.45) is 1.94. The Hall–Kier alpha value is -1.43. The van der Waals surface area contributed by atoms with E-state index in [1.165, 1.54) is 0 Å². The maximum absolute atomic E-state index is 11.3. The van der Waals surface area contributed by atoms with Crippen molar-refractivity contribution in [3.63, 3.8) is 0 Å². The third kappa shape index (κ3) is 3.53. The van der Waals surface area contributed by atoms with Crippen LogP contribution in [0.3, 0.4) is 0 Å². The first-order chi connectivity index (χ1) is 9.10. The lowest BCUT2D eigenvalue weighted by molar-refractivity contribution is -0.122. The number of carbonyl (C=O) groups excluding carboxylic acids is 1. The Morgan fingerprint density at radius 1 is 1.42 bits per heavy atom. The molecular formula is C13H22N4O2. The van der Waals surface area contributed by atoms with E-state index in [0.29, 0.717) is 18.4 Å². The van der Waals surface area contributed by atoms with Crippen molar-refractivity contribution in [2.45, 2.75) is 38.5 Å². The van der Waals surface area contributed by atoms with Crippen LogP contribution in [0.1, 0.15) is 50.3 Å². The molecule has 1 aromatic heterocycles. The van der Waals surface area contributed by atoms with Gasteiger partial charge in [0.15, 0.2) is 0 Å². The second-order valence-corrected chi connectivity index (χ2v) is 5.36. The highest BCUT2D eigenvalue weighted by atomic mass is 16.4. The summed E-state index contributed by atoms with van der Waals surface area (Å²) in [7, 11) is 1.67. The van der Waals surface area contributed by atoms with Crippen LogP contribution >= 0.6 is 0 Å². The van der Waals surface area contributed by atoms with Crippen LogP contribution < -0.4 is 5.32 Å². The molecule has 1 aliphatic heterocycles. The van der Waals surface area contributed by atoms with Crippen molar-refractivity contribution in [3.8, 4) is 0 Å². The molecule has 2 heterocycles. The smallest absolute Gasteiger partial charge is 0.233 e. The number of likely N-dealkylation sites (tertiary alicyclic amines) is 1. The third-order valence-corrected chi connectivity index (χ3v) is 3.53. The van der Waals surface area contributed by atoms with Gasteiger partial charge in [-0.15, -0.1) is 10.2 Å². The minimum atomic E-state index is 0.0679. The minimum Gasteiger partial charge on any atom is -0.425 e. The zero-order valence-electron chi connectivity index (χ0n) is 11.8. The van der Waals surface area contributed by atoms with Gasteiger partial charge in [-0.3, -0.25) is 9.69 Å². The molecule has 2 rings (SSSR count). The Labute approximate surface area is 113 Å². The predicted molar refractivity (Wildman–Crippen MR) is 70.9 cm³/mol. The molecule has 0 unspecified atom stereocenters. The molecule has 1 fully saturated rings. The standard InChI is InChI=1S/C13H22N4O2/c1-9(2)12-15-16-13(19-12)10-4-6-17(7-5-10)8-11(18)14-3/h9-10H,4-8H2,1-3H3,(H,14,18).